The molecule has 30 heavy (non-hydrogen) atoms. The Balaban J connectivity index is 1.94. The molecule has 3 rings (SSSR count). The number of nitrogens with one attached hydrogen (secondary N) is 1. The van der Waals surface area contributed by atoms with E-state index in [1.54, 1.807) is 6.07 Å². The average molecular weight is 433 g/mol. The maximum atomic E-state index is 12.7. The second-order valence-corrected chi connectivity index (χ2v) is 10.6. The number of fused-ring (bicyclic) bond motifs is 4. The van der Waals surface area contributed by atoms with E-state index in [0.717, 1.165) is 43.5 Å². The monoisotopic (exact) mass is 432 g/mol. The zero-order chi connectivity index (χ0) is 21.9. The van der Waals surface area contributed by atoms with Crippen LogP contribution >= 0.6 is 0 Å². The molecule has 1 amide bonds. The maximum Gasteiger partial charge on any atom is 0.232 e. The lowest BCUT2D eigenvalue weighted by atomic mass is 9.99. The van der Waals surface area contributed by atoms with Crippen LogP contribution in [0.5, 0.6) is 0 Å². The quantitative estimate of drug-likeness (QED) is 0.736. The van der Waals surface area contributed by atoms with Crippen LogP contribution in [0.25, 0.3) is 0 Å². The van der Waals surface area contributed by atoms with Crippen LogP contribution in [-0.4, -0.2) is 55.6 Å². The lowest BCUT2D eigenvalue weighted by molar-refractivity contribution is -0.139. The SMILES string of the molecule is Cc1c2cc(C#N)cc1NS(=O)(=O)CCCCC[C@H]1CN(CCN1C(=O)C(C)C)C2. The van der Waals surface area contributed by atoms with Crippen molar-refractivity contribution in [3.8, 4) is 6.07 Å². The van der Waals surface area contributed by atoms with E-state index in [2.05, 4.69) is 15.7 Å². The Morgan fingerprint density at radius 2 is 2.00 bits per heavy atom. The van der Waals surface area contributed by atoms with Gasteiger partial charge in [0.15, 0.2) is 0 Å². The second-order valence-electron chi connectivity index (χ2n) is 8.77. The highest BCUT2D eigenvalue weighted by atomic mass is 32.2. The number of piperazine rings is 1. The van der Waals surface area contributed by atoms with Crippen LogP contribution in [0.3, 0.4) is 0 Å². The van der Waals surface area contributed by atoms with Gasteiger partial charge in [0.2, 0.25) is 15.9 Å². The third-order valence-electron chi connectivity index (χ3n) is 6.10. The number of rotatable bonds is 1. The summed E-state index contributed by atoms with van der Waals surface area (Å²) in [5.74, 6) is 0.222. The molecule has 2 atom stereocenters. The molecule has 8 heteroatoms. The summed E-state index contributed by atoms with van der Waals surface area (Å²) in [6.45, 7) is 8.69. The predicted octanol–water partition coefficient (Wildman–Crippen LogP) is 2.85. The van der Waals surface area contributed by atoms with Crippen LogP contribution in [0.15, 0.2) is 12.1 Å². The van der Waals surface area contributed by atoms with Gasteiger partial charge in [-0.3, -0.25) is 14.4 Å². The number of nitrogens with zero attached hydrogens (tertiary/aromatic N) is 3. The van der Waals surface area contributed by atoms with Gasteiger partial charge in [-0.1, -0.05) is 26.7 Å². The minimum atomic E-state index is -3.47. The van der Waals surface area contributed by atoms with Crippen LogP contribution in [0.2, 0.25) is 0 Å². The molecular weight excluding hydrogens is 400 g/mol. The Bertz CT molecular complexity index is 936. The van der Waals surface area contributed by atoms with Gasteiger partial charge in [0, 0.05) is 38.1 Å². The fraction of sp³-hybridized carbons (Fsp3) is 0.636. The van der Waals surface area contributed by atoms with E-state index in [-0.39, 0.29) is 23.6 Å². The van der Waals surface area contributed by atoms with Crippen molar-refractivity contribution in [3.05, 3.63) is 28.8 Å². The van der Waals surface area contributed by atoms with Crippen molar-refractivity contribution in [2.24, 2.45) is 5.92 Å². The van der Waals surface area contributed by atoms with Gasteiger partial charge in [-0.2, -0.15) is 5.26 Å². The van der Waals surface area contributed by atoms with Crippen molar-refractivity contribution in [2.45, 2.75) is 59.0 Å². The zero-order valence-corrected chi connectivity index (χ0v) is 19.0. The molecule has 1 N–H and O–H groups in total. The smallest absolute Gasteiger partial charge is 0.232 e. The van der Waals surface area contributed by atoms with Gasteiger partial charge in [0.05, 0.1) is 23.1 Å². The number of benzene rings is 1. The Hall–Kier alpha value is -2.11. The van der Waals surface area contributed by atoms with Crippen molar-refractivity contribution in [2.75, 3.05) is 30.1 Å². The summed E-state index contributed by atoms with van der Waals surface area (Å²) in [5, 5.41) is 9.44. The summed E-state index contributed by atoms with van der Waals surface area (Å²) in [7, 11) is -3.47. The Morgan fingerprint density at radius 3 is 2.70 bits per heavy atom. The van der Waals surface area contributed by atoms with Crippen molar-refractivity contribution in [1.29, 1.82) is 5.26 Å². The predicted molar refractivity (Wildman–Crippen MR) is 117 cm³/mol. The molecule has 2 aliphatic heterocycles. The van der Waals surface area contributed by atoms with Crippen molar-refractivity contribution < 1.29 is 13.2 Å². The van der Waals surface area contributed by atoms with Crippen LogP contribution in [0, 0.1) is 24.2 Å². The molecule has 1 aromatic rings. The van der Waals surface area contributed by atoms with Gasteiger partial charge < -0.3 is 4.90 Å². The number of sulfonamides is 1. The highest BCUT2D eigenvalue weighted by molar-refractivity contribution is 7.92. The molecule has 164 valence electrons. The normalized spacial score (nSPS) is 24.4. The molecule has 0 aromatic heterocycles. The highest BCUT2D eigenvalue weighted by Gasteiger charge is 2.31. The number of amides is 1. The van der Waals surface area contributed by atoms with Gasteiger partial charge in [-0.15, -0.1) is 0 Å². The average Bonchev–Trinajstić information content (AvgIpc) is 2.69. The molecule has 0 spiro atoms. The summed E-state index contributed by atoms with van der Waals surface area (Å²) in [4.78, 5) is 17.1. The van der Waals surface area contributed by atoms with Crippen molar-refractivity contribution in [3.63, 3.8) is 0 Å². The van der Waals surface area contributed by atoms with Gasteiger partial charge in [-0.25, -0.2) is 8.42 Å². The topological polar surface area (TPSA) is 93.5 Å². The van der Waals surface area contributed by atoms with E-state index in [1.165, 1.54) is 0 Å². The van der Waals surface area contributed by atoms with Crippen LogP contribution < -0.4 is 4.72 Å². The van der Waals surface area contributed by atoms with Gasteiger partial charge >= 0.3 is 0 Å². The standard InChI is InChI=1S/C22H32N4O3S/c1-16(2)22(27)26-9-8-25-14-19-11-18(13-23)12-21(17(19)3)24-30(28,29)10-6-4-5-7-20(26)15-25/h11-12,16,20,24H,4-10,14-15H2,1-3H3/t20-/m0/s1. The first-order chi connectivity index (χ1) is 14.2. The molecule has 1 fully saturated rings. The van der Waals surface area contributed by atoms with Crippen LogP contribution in [0.1, 0.15) is 56.2 Å². The summed E-state index contributed by atoms with van der Waals surface area (Å²) in [6, 6.07) is 5.76. The molecule has 1 saturated heterocycles. The number of nitriles is 1. The fourth-order valence-electron chi connectivity index (χ4n) is 4.35. The molecular formula is C22H32N4O3S. The highest BCUT2D eigenvalue weighted by Crippen LogP contribution is 2.27. The van der Waals surface area contributed by atoms with E-state index in [4.69, 9.17) is 0 Å². The van der Waals surface area contributed by atoms with Crippen molar-refractivity contribution >= 4 is 21.6 Å². The summed E-state index contributed by atoms with van der Waals surface area (Å²) < 4.78 is 27.8. The van der Waals surface area contributed by atoms with E-state index in [1.807, 2.05) is 31.7 Å². The van der Waals surface area contributed by atoms with E-state index < -0.39 is 10.0 Å². The van der Waals surface area contributed by atoms with E-state index >= 15 is 0 Å². The van der Waals surface area contributed by atoms with Crippen LogP contribution in [-0.2, 0) is 21.4 Å². The molecule has 7 nitrogen and oxygen atoms in total. The van der Waals surface area contributed by atoms with Crippen molar-refractivity contribution in [1.82, 2.24) is 9.80 Å². The first kappa shape index (κ1) is 22.6. The largest absolute Gasteiger partial charge is 0.337 e. The first-order valence-electron chi connectivity index (χ1n) is 10.8. The second kappa shape index (κ2) is 9.36. The van der Waals surface area contributed by atoms with Gasteiger partial charge in [0.25, 0.3) is 0 Å². The molecule has 0 aliphatic carbocycles. The first-order valence-corrected chi connectivity index (χ1v) is 12.4. The Morgan fingerprint density at radius 1 is 1.23 bits per heavy atom. The lowest BCUT2D eigenvalue weighted by Gasteiger charge is -2.42. The molecule has 1 unspecified atom stereocenters. The van der Waals surface area contributed by atoms with E-state index in [9.17, 15) is 18.5 Å². The van der Waals surface area contributed by atoms with Gasteiger partial charge in [-0.05, 0) is 43.0 Å². The minimum Gasteiger partial charge on any atom is -0.337 e. The third kappa shape index (κ3) is 5.32. The van der Waals surface area contributed by atoms with Gasteiger partial charge in [0.1, 0.15) is 0 Å². The Kier molecular flexibility index (Phi) is 7.04. The molecule has 2 heterocycles. The summed E-state index contributed by atoms with van der Waals surface area (Å²) >= 11 is 0. The molecule has 2 aliphatic rings. The summed E-state index contributed by atoms with van der Waals surface area (Å²) in [6.07, 6.45) is 3.17. The number of carbonyl (C=O) groups excluding carboxylic acids is 1. The zero-order valence-electron chi connectivity index (χ0n) is 18.1. The van der Waals surface area contributed by atoms with E-state index in [0.29, 0.717) is 30.8 Å². The number of carbonyl (C=O) groups is 1. The number of anilines is 1. The lowest BCUT2D eigenvalue weighted by Crippen LogP contribution is -2.55. The third-order valence-corrected chi connectivity index (χ3v) is 7.46. The maximum absolute atomic E-state index is 12.7. The molecule has 4 bridgehead atoms. The molecule has 0 saturated carbocycles. The molecule has 0 radical (unpaired) electrons. The Labute approximate surface area is 180 Å². The van der Waals surface area contributed by atoms with Crippen LogP contribution in [0.4, 0.5) is 5.69 Å². The number of hydrogen-bond donors (Lipinski definition) is 1. The molecule has 1 aromatic carbocycles. The number of hydrogen-bond acceptors (Lipinski definition) is 5. The minimum absolute atomic E-state index is 0.0297. The fourth-order valence-corrected chi connectivity index (χ4v) is 5.58. The summed E-state index contributed by atoms with van der Waals surface area (Å²) in [5.41, 5.74) is 2.75.